The Morgan fingerprint density at radius 1 is 1.29 bits per heavy atom. The van der Waals surface area contributed by atoms with Gasteiger partial charge in [-0.1, -0.05) is 44.8 Å². The molecule has 0 amide bonds. The minimum absolute atomic E-state index is 0.328. The van der Waals surface area contributed by atoms with Crippen molar-refractivity contribution >= 4 is 11.9 Å². The molecular weight excluding hydrogens is 268 g/mol. The number of esters is 2. The van der Waals surface area contributed by atoms with Crippen molar-refractivity contribution in [2.75, 3.05) is 0 Å². The molecule has 1 saturated carbocycles. The van der Waals surface area contributed by atoms with Crippen LogP contribution in [0.1, 0.15) is 58.8 Å². The quantitative estimate of drug-likeness (QED) is 0.464. The lowest BCUT2D eigenvalue weighted by molar-refractivity contribution is -0.154. The summed E-state index contributed by atoms with van der Waals surface area (Å²) in [5.74, 6) is -0.804. The molecular formula is C17H26O4. The van der Waals surface area contributed by atoms with Crippen molar-refractivity contribution in [1.82, 2.24) is 0 Å². The van der Waals surface area contributed by atoms with Gasteiger partial charge >= 0.3 is 11.9 Å². The van der Waals surface area contributed by atoms with Gasteiger partial charge in [-0.05, 0) is 32.6 Å². The Kier molecular flexibility index (Phi) is 7.37. The van der Waals surface area contributed by atoms with E-state index in [4.69, 9.17) is 9.84 Å². The van der Waals surface area contributed by atoms with Crippen molar-refractivity contribution in [1.29, 1.82) is 0 Å². The Bertz CT molecular complexity index is 415. The molecule has 1 atom stereocenters. The standard InChI is InChI=1S/C17H26O4/c1-12(9-10-14(3)18)16(19)21-17(20)13(2)11-15-7-5-4-6-8-15/h9,14-15,18H,2,4-8,10-11H2,1,3H3. The van der Waals surface area contributed by atoms with Gasteiger partial charge in [-0.3, -0.25) is 0 Å². The molecule has 4 heteroatoms. The molecule has 1 aliphatic rings. The fourth-order valence-corrected chi connectivity index (χ4v) is 2.49. The lowest BCUT2D eigenvalue weighted by Crippen LogP contribution is -2.17. The number of aliphatic hydroxyl groups is 1. The minimum atomic E-state index is -0.662. The average Bonchev–Trinajstić information content (AvgIpc) is 2.45. The van der Waals surface area contributed by atoms with Crippen LogP contribution in [-0.2, 0) is 14.3 Å². The third-order valence-electron chi connectivity index (χ3n) is 3.82. The van der Waals surface area contributed by atoms with Crippen LogP contribution in [0.25, 0.3) is 0 Å². The zero-order chi connectivity index (χ0) is 15.8. The maximum absolute atomic E-state index is 11.9. The van der Waals surface area contributed by atoms with Gasteiger partial charge in [0.05, 0.1) is 6.10 Å². The molecule has 0 aliphatic heterocycles. The molecule has 118 valence electrons. The van der Waals surface area contributed by atoms with Gasteiger partial charge in [0.15, 0.2) is 0 Å². The summed E-state index contributed by atoms with van der Waals surface area (Å²) < 4.78 is 4.82. The number of hydrogen-bond donors (Lipinski definition) is 1. The largest absolute Gasteiger partial charge is 0.393 e. The Hall–Kier alpha value is -1.42. The fourth-order valence-electron chi connectivity index (χ4n) is 2.49. The predicted octanol–water partition coefficient (Wildman–Crippen LogP) is 3.30. The summed E-state index contributed by atoms with van der Waals surface area (Å²) in [6.07, 6.45) is 7.93. The van der Waals surface area contributed by atoms with Gasteiger partial charge in [0.25, 0.3) is 0 Å². The minimum Gasteiger partial charge on any atom is -0.393 e. The van der Waals surface area contributed by atoms with Crippen molar-refractivity contribution in [3.8, 4) is 0 Å². The lowest BCUT2D eigenvalue weighted by Gasteiger charge is -2.21. The van der Waals surface area contributed by atoms with Crippen molar-refractivity contribution in [2.24, 2.45) is 5.92 Å². The van der Waals surface area contributed by atoms with Gasteiger partial charge < -0.3 is 9.84 Å². The number of carbonyl (C=O) groups is 2. The maximum Gasteiger partial charge on any atom is 0.341 e. The van der Waals surface area contributed by atoms with E-state index in [1.807, 2.05) is 0 Å². The first-order valence-electron chi connectivity index (χ1n) is 7.69. The van der Waals surface area contributed by atoms with Crippen molar-refractivity contribution < 1.29 is 19.4 Å². The zero-order valence-corrected chi connectivity index (χ0v) is 13.1. The second-order valence-corrected chi connectivity index (χ2v) is 5.96. The molecule has 0 spiro atoms. The maximum atomic E-state index is 11.9. The van der Waals surface area contributed by atoms with Crippen LogP contribution in [-0.4, -0.2) is 23.1 Å². The fraction of sp³-hybridized carbons (Fsp3) is 0.647. The van der Waals surface area contributed by atoms with Crippen molar-refractivity contribution in [3.63, 3.8) is 0 Å². The molecule has 1 unspecified atom stereocenters. The zero-order valence-electron chi connectivity index (χ0n) is 13.1. The Morgan fingerprint density at radius 3 is 2.48 bits per heavy atom. The number of aliphatic hydroxyl groups excluding tert-OH is 1. The highest BCUT2D eigenvalue weighted by atomic mass is 16.6. The normalized spacial score (nSPS) is 18.1. The summed E-state index contributed by atoms with van der Waals surface area (Å²) >= 11 is 0. The second-order valence-electron chi connectivity index (χ2n) is 5.96. The smallest absolute Gasteiger partial charge is 0.341 e. The molecule has 1 rings (SSSR count). The first-order valence-corrected chi connectivity index (χ1v) is 7.69. The van der Waals surface area contributed by atoms with Gasteiger partial charge in [-0.2, -0.15) is 0 Å². The number of carbonyl (C=O) groups excluding carboxylic acids is 2. The molecule has 0 aromatic carbocycles. The second kappa shape index (κ2) is 8.78. The Balaban J connectivity index is 2.42. The molecule has 0 bridgehead atoms. The topological polar surface area (TPSA) is 63.6 Å². The van der Waals surface area contributed by atoms with Crippen LogP contribution in [0.4, 0.5) is 0 Å². The van der Waals surface area contributed by atoms with Gasteiger partial charge in [0.2, 0.25) is 0 Å². The third kappa shape index (κ3) is 6.71. The third-order valence-corrected chi connectivity index (χ3v) is 3.82. The Labute approximate surface area is 126 Å². The molecule has 1 N–H and O–H groups in total. The van der Waals surface area contributed by atoms with Crippen LogP contribution in [0, 0.1) is 5.92 Å². The highest BCUT2D eigenvalue weighted by molar-refractivity contribution is 6.01. The van der Waals surface area contributed by atoms with Gasteiger partial charge in [0, 0.05) is 11.1 Å². The predicted molar refractivity (Wildman–Crippen MR) is 81.5 cm³/mol. The van der Waals surface area contributed by atoms with E-state index < -0.39 is 18.0 Å². The molecule has 0 heterocycles. The van der Waals surface area contributed by atoms with E-state index in [0.29, 0.717) is 29.9 Å². The van der Waals surface area contributed by atoms with E-state index in [2.05, 4.69) is 6.58 Å². The van der Waals surface area contributed by atoms with E-state index in [-0.39, 0.29) is 0 Å². The average molecular weight is 294 g/mol. The van der Waals surface area contributed by atoms with Crippen LogP contribution in [0.2, 0.25) is 0 Å². The van der Waals surface area contributed by atoms with E-state index in [0.717, 1.165) is 12.8 Å². The molecule has 4 nitrogen and oxygen atoms in total. The van der Waals surface area contributed by atoms with Gasteiger partial charge in [0.1, 0.15) is 0 Å². The van der Waals surface area contributed by atoms with Crippen LogP contribution < -0.4 is 0 Å². The number of rotatable bonds is 6. The number of ether oxygens (including phenoxy) is 1. The first-order chi connectivity index (χ1) is 9.90. The summed E-state index contributed by atoms with van der Waals surface area (Å²) in [6, 6.07) is 0. The van der Waals surface area contributed by atoms with Crippen LogP contribution in [0.3, 0.4) is 0 Å². The molecule has 1 aliphatic carbocycles. The van der Waals surface area contributed by atoms with Crippen LogP contribution >= 0.6 is 0 Å². The first kappa shape index (κ1) is 17.6. The van der Waals surface area contributed by atoms with E-state index in [1.54, 1.807) is 19.9 Å². The van der Waals surface area contributed by atoms with Gasteiger partial charge in [-0.25, -0.2) is 9.59 Å². The summed E-state index contributed by atoms with van der Waals surface area (Å²) in [5, 5.41) is 9.16. The molecule has 1 fully saturated rings. The summed E-state index contributed by atoms with van der Waals surface area (Å²) in [7, 11) is 0. The van der Waals surface area contributed by atoms with Crippen LogP contribution in [0.15, 0.2) is 23.8 Å². The Morgan fingerprint density at radius 2 is 1.90 bits per heavy atom. The molecule has 21 heavy (non-hydrogen) atoms. The van der Waals surface area contributed by atoms with Crippen molar-refractivity contribution in [2.45, 2.75) is 64.9 Å². The number of hydrogen-bond acceptors (Lipinski definition) is 4. The molecule has 0 aromatic rings. The molecule has 0 aromatic heterocycles. The summed E-state index contributed by atoms with van der Waals surface area (Å²) in [4.78, 5) is 23.6. The monoisotopic (exact) mass is 294 g/mol. The van der Waals surface area contributed by atoms with Gasteiger partial charge in [-0.15, -0.1) is 0 Å². The summed E-state index contributed by atoms with van der Waals surface area (Å²) in [6.45, 7) is 6.95. The molecule has 0 radical (unpaired) electrons. The van der Waals surface area contributed by atoms with Crippen molar-refractivity contribution in [3.05, 3.63) is 23.8 Å². The molecule has 0 saturated heterocycles. The SMILES string of the molecule is C=C(CC1CCCCC1)C(=O)OC(=O)C(C)=CCC(C)O. The summed E-state index contributed by atoms with van der Waals surface area (Å²) in [5.41, 5.74) is 0.702. The highest BCUT2D eigenvalue weighted by Crippen LogP contribution is 2.28. The van der Waals surface area contributed by atoms with E-state index in [1.165, 1.54) is 19.3 Å². The van der Waals surface area contributed by atoms with E-state index in [9.17, 15) is 9.59 Å². The highest BCUT2D eigenvalue weighted by Gasteiger charge is 2.20. The lowest BCUT2D eigenvalue weighted by atomic mass is 9.85. The van der Waals surface area contributed by atoms with E-state index >= 15 is 0 Å². The van der Waals surface area contributed by atoms with Crippen LogP contribution in [0.5, 0.6) is 0 Å².